The predicted molar refractivity (Wildman–Crippen MR) is 60.0 cm³/mol. The highest BCUT2D eigenvalue weighted by atomic mass is 16.5. The van der Waals surface area contributed by atoms with Gasteiger partial charge in [-0.25, -0.2) is 0 Å². The van der Waals surface area contributed by atoms with E-state index < -0.39 is 0 Å². The van der Waals surface area contributed by atoms with Gasteiger partial charge in [-0.3, -0.25) is 0 Å². The number of anilines is 1. The first-order chi connectivity index (χ1) is 7.65. The van der Waals surface area contributed by atoms with E-state index in [0.717, 1.165) is 13.1 Å². The third-order valence-electron chi connectivity index (χ3n) is 1.80. The van der Waals surface area contributed by atoms with Gasteiger partial charge >= 0.3 is 12.0 Å². The van der Waals surface area contributed by atoms with E-state index in [4.69, 9.17) is 9.47 Å². The van der Waals surface area contributed by atoms with Crippen LogP contribution in [0.2, 0.25) is 0 Å². The molecular formula is C9H17N5O2. The summed E-state index contributed by atoms with van der Waals surface area (Å²) in [5.74, 6) is 0.450. The van der Waals surface area contributed by atoms with E-state index in [1.165, 1.54) is 14.2 Å². The predicted octanol–water partition coefficient (Wildman–Crippen LogP) is -0.138. The quantitative estimate of drug-likeness (QED) is 0.725. The van der Waals surface area contributed by atoms with Gasteiger partial charge in [-0.05, 0) is 14.1 Å². The first-order valence-electron chi connectivity index (χ1n) is 4.88. The molecule has 0 aliphatic rings. The Morgan fingerprint density at radius 1 is 1.06 bits per heavy atom. The molecule has 0 aromatic carbocycles. The zero-order chi connectivity index (χ0) is 12.0. The van der Waals surface area contributed by atoms with Crippen molar-refractivity contribution in [3.63, 3.8) is 0 Å². The van der Waals surface area contributed by atoms with Gasteiger partial charge in [-0.2, -0.15) is 9.97 Å². The lowest BCUT2D eigenvalue weighted by Crippen LogP contribution is -2.21. The Morgan fingerprint density at radius 2 is 1.62 bits per heavy atom. The van der Waals surface area contributed by atoms with Crippen LogP contribution in [0.4, 0.5) is 5.95 Å². The Hall–Kier alpha value is -1.63. The summed E-state index contributed by atoms with van der Waals surface area (Å²) in [4.78, 5) is 14.0. The standard InChI is InChI=1S/C9H17N5O2/c1-14(2)6-5-10-7-11-8(15-3)13-9(12-7)16-4/h5-6H2,1-4H3,(H,10,11,12,13). The van der Waals surface area contributed by atoms with Crippen LogP contribution in [0.3, 0.4) is 0 Å². The molecule has 1 heterocycles. The van der Waals surface area contributed by atoms with E-state index in [-0.39, 0.29) is 12.0 Å². The van der Waals surface area contributed by atoms with Crippen molar-refractivity contribution in [2.24, 2.45) is 0 Å². The summed E-state index contributed by atoms with van der Waals surface area (Å²) in [6.07, 6.45) is 0. The molecule has 1 aromatic rings. The van der Waals surface area contributed by atoms with E-state index in [0.29, 0.717) is 5.95 Å². The molecule has 0 amide bonds. The van der Waals surface area contributed by atoms with Crippen LogP contribution in [0.1, 0.15) is 0 Å². The molecule has 0 atom stereocenters. The van der Waals surface area contributed by atoms with Gasteiger partial charge in [0.15, 0.2) is 0 Å². The van der Waals surface area contributed by atoms with Crippen LogP contribution < -0.4 is 14.8 Å². The highest BCUT2D eigenvalue weighted by Crippen LogP contribution is 2.11. The topological polar surface area (TPSA) is 72.4 Å². The number of nitrogens with zero attached hydrogens (tertiary/aromatic N) is 4. The third-order valence-corrected chi connectivity index (χ3v) is 1.80. The number of ether oxygens (including phenoxy) is 2. The van der Waals surface area contributed by atoms with Crippen LogP contribution in [-0.2, 0) is 0 Å². The molecular weight excluding hydrogens is 210 g/mol. The van der Waals surface area contributed by atoms with Crippen molar-refractivity contribution in [3.8, 4) is 12.0 Å². The average Bonchev–Trinajstić information content (AvgIpc) is 2.28. The van der Waals surface area contributed by atoms with Gasteiger partial charge in [0.1, 0.15) is 0 Å². The summed E-state index contributed by atoms with van der Waals surface area (Å²) in [5.41, 5.74) is 0. The van der Waals surface area contributed by atoms with Crippen molar-refractivity contribution in [3.05, 3.63) is 0 Å². The van der Waals surface area contributed by atoms with Gasteiger partial charge < -0.3 is 19.7 Å². The Balaban J connectivity index is 2.64. The monoisotopic (exact) mass is 227 g/mol. The minimum absolute atomic E-state index is 0.235. The highest BCUT2D eigenvalue weighted by molar-refractivity contribution is 5.27. The van der Waals surface area contributed by atoms with Gasteiger partial charge in [-0.1, -0.05) is 0 Å². The zero-order valence-electron chi connectivity index (χ0n) is 10.0. The van der Waals surface area contributed by atoms with Gasteiger partial charge in [0.2, 0.25) is 5.95 Å². The van der Waals surface area contributed by atoms with Crippen LogP contribution in [0.15, 0.2) is 0 Å². The fraction of sp³-hybridized carbons (Fsp3) is 0.667. The molecule has 90 valence electrons. The van der Waals surface area contributed by atoms with Crippen LogP contribution in [0, 0.1) is 0 Å². The summed E-state index contributed by atoms with van der Waals surface area (Å²) in [6, 6.07) is 0.471. The number of hydrogen-bond donors (Lipinski definition) is 1. The summed E-state index contributed by atoms with van der Waals surface area (Å²) >= 11 is 0. The maximum atomic E-state index is 4.93. The Labute approximate surface area is 94.8 Å². The maximum absolute atomic E-state index is 4.93. The normalized spacial score (nSPS) is 10.3. The molecule has 7 nitrogen and oxygen atoms in total. The minimum Gasteiger partial charge on any atom is -0.467 e. The summed E-state index contributed by atoms with van der Waals surface area (Å²) in [6.45, 7) is 1.62. The smallest absolute Gasteiger partial charge is 0.324 e. The molecule has 1 aromatic heterocycles. The van der Waals surface area contributed by atoms with Crippen LogP contribution in [-0.4, -0.2) is 61.3 Å². The van der Waals surface area contributed by atoms with Crippen molar-refractivity contribution in [2.45, 2.75) is 0 Å². The number of likely N-dealkylation sites (N-methyl/N-ethyl adjacent to an activating group) is 1. The largest absolute Gasteiger partial charge is 0.467 e. The molecule has 0 aliphatic carbocycles. The minimum atomic E-state index is 0.235. The fourth-order valence-corrected chi connectivity index (χ4v) is 0.991. The van der Waals surface area contributed by atoms with Crippen molar-refractivity contribution >= 4 is 5.95 Å². The second-order valence-electron chi connectivity index (χ2n) is 3.36. The molecule has 0 unspecified atom stereocenters. The molecule has 0 saturated carbocycles. The second kappa shape index (κ2) is 6.06. The van der Waals surface area contributed by atoms with Crippen LogP contribution >= 0.6 is 0 Å². The lowest BCUT2D eigenvalue weighted by atomic mass is 10.6. The SMILES string of the molecule is COc1nc(NCCN(C)C)nc(OC)n1. The van der Waals surface area contributed by atoms with E-state index in [9.17, 15) is 0 Å². The van der Waals surface area contributed by atoms with Gasteiger partial charge in [0, 0.05) is 13.1 Å². The Morgan fingerprint density at radius 3 is 2.06 bits per heavy atom. The molecule has 0 saturated heterocycles. The van der Waals surface area contributed by atoms with Crippen molar-refractivity contribution in [1.29, 1.82) is 0 Å². The summed E-state index contributed by atoms with van der Waals surface area (Å²) in [7, 11) is 6.99. The highest BCUT2D eigenvalue weighted by Gasteiger charge is 2.06. The van der Waals surface area contributed by atoms with Crippen molar-refractivity contribution < 1.29 is 9.47 Å². The molecule has 1 rings (SSSR count). The molecule has 0 bridgehead atoms. The van der Waals surface area contributed by atoms with Crippen molar-refractivity contribution in [2.75, 3.05) is 46.7 Å². The van der Waals surface area contributed by atoms with Crippen LogP contribution in [0.5, 0.6) is 12.0 Å². The molecule has 0 fully saturated rings. The van der Waals surface area contributed by atoms with E-state index in [1.54, 1.807) is 0 Å². The number of aromatic nitrogens is 3. The number of hydrogen-bond acceptors (Lipinski definition) is 7. The third kappa shape index (κ3) is 3.85. The lowest BCUT2D eigenvalue weighted by Gasteiger charge is -2.10. The molecule has 7 heteroatoms. The zero-order valence-corrected chi connectivity index (χ0v) is 10.0. The van der Waals surface area contributed by atoms with Crippen LogP contribution in [0.25, 0.3) is 0 Å². The van der Waals surface area contributed by atoms with E-state index in [2.05, 4.69) is 25.2 Å². The molecule has 1 N–H and O–H groups in total. The molecule has 0 spiro atoms. The van der Waals surface area contributed by atoms with E-state index >= 15 is 0 Å². The second-order valence-corrected chi connectivity index (χ2v) is 3.36. The van der Waals surface area contributed by atoms with Crippen molar-refractivity contribution in [1.82, 2.24) is 19.9 Å². The van der Waals surface area contributed by atoms with Gasteiger partial charge in [0.25, 0.3) is 0 Å². The average molecular weight is 227 g/mol. The Kier molecular flexibility index (Phi) is 4.71. The lowest BCUT2D eigenvalue weighted by molar-refractivity contribution is 0.341. The summed E-state index contributed by atoms with van der Waals surface area (Å²) < 4.78 is 9.86. The molecule has 0 radical (unpaired) electrons. The summed E-state index contributed by atoms with van der Waals surface area (Å²) in [5, 5.41) is 3.06. The van der Waals surface area contributed by atoms with Gasteiger partial charge in [-0.15, -0.1) is 4.98 Å². The fourth-order valence-electron chi connectivity index (χ4n) is 0.991. The maximum Gasteiger partial charge on any atom is 0.324 e. The number of nitrogens with one attached hydrogen (secondary N) is 1. The molecule has 16 heavy (non-hydrogen) atoms. The number of methoxy groups -OCH3 is 2. The number of rotatable bonds is 6. The van der Waals surface area contributed by atoms with E-state index in [1.807, 2.05) is 14.1 Å². The first kappa shape index (κ1) is 12.4. The first-order valence-corrected chi connectivity index (χ1v) is 4.88. The Bertz CT molecular complexity index is 309. The van der Waals surface area contributed by atoms with Gasteiger partial charge in [0.05, 0.1) is 14.2 Å². The molecule has 0 aliphatic heterocycles.